The van der Waals surface area contributed by atoms with Crippen molar-refractivity contribution in [3.05, 3.63) is 98.9 Å². The van der Waals surface area contributed by atoms with E-state index in [0.717, 1.165) is 40.5 Å². The predicted molar refractivity (Wildman–Crippen MR) is 128 cm³/mol. The molecule has 0 aliphatic heterocycles. The monoisotopic (exact) mass is 440 g/mol. The van der Waals surface area contributed by atoms with Gasteiger partial charge in [0.05, 0.1) is 0 Å². The minimum Gasteiger partial charge on any atom is -0.384 e. The first-order chi connectivity index (χ1) is 15.5. The van der Waals surface area contributed by atoms with Crippen molar-refractivity contribution in [2.45, 2.75) is 25.5 Å². The first-order valence-corrected chi connectivity index (χ1v) is 11.0. The van der Waals surface area contributed by atoms with Crippen LogP contribution in [0.25, 0.3) is 22.2 Å². The minimum absolute atomic E-state index is 0.0796. The molecule has 1 aliphatic carbocycles. The van der Waals surface area contributed by atoms with E-state index >= 15 is 0 Å². The average Bonchev–Trinajstić information content (AvgIpc) is 3.64. The van der Waals surface area contributed by atoms with Crippen LogP contribution in [-0.2, 0) is 6.54 Å². The number of pyridine rings is 2. The SMILES string of the molecule is C#Cc1cccc(-c2cc(=O)n(CC3CC3)c3ncc(C(O)c4ccc(Cl)cc4)cc23)c1. The number of hydrogen-bond donors (Lipinski definition) is 1. The van der Waals surface area contributed by atoms with Gasteiger partial charge in [0.25, 0.3) is 5.56 Å². The van der Waals surface area contributed by atoms with Gasteiger partial charge in [-0.15, -0.1) is 6.42 Å². The fourth-order valence-electron chi connectivity index (χ4n) is 4.01. The van der Waals surface area contributed by atoms with Gasteiger partial charge >= 0.3 is 0 Å². The number of rotatable bonds is 5. The summed E-state index contributed by atoms with van der Waals surface area (Å²) in [6.07, 6.45) is 8.64. The van der Waals surface area contributed by atoms with E-state index in [1.165, 1.54) is 0 Å². The smallest absolute Gasteiger partial charge is 0.252 e. The Morgan fingerprint density at radius 3 is 2.62 bits per heavy atom. The second kappa shape index (κ2) is 8.27. The number of hydrogen-bond acceptors (Lipinski definition) is 3. The highest BCUT2D eigenvalue weighted by Crippen LogP contribution is 2.34. The Labute approximate surface area is 191 Å². The maximum Gasteiger partial charge on any atom is 0.252 e. The Morgan fingerprint density at radius 2 is 1.91 bits per heavy atom. The van der Waals surface area contributed by atoms with Crippen molar-refractivity contribution >= 4 is 22.6 Å². The fraction of sp³-hybridized carbons (Fsp3) is 0.185. The number of nitrogens with zero attached hydrogens (tertiary/aromatic N) is 2. The van der Waals surface area contributed by atoms with E-state index in [-0.39, 0.29) is 5.56 Å². The van der Waals surface area contributed by atoms with E-state index in [0.29, 0.717) is 28.7 Å². The molecule has 1 N–H and O–H groups in total. The fourth-order valence-corrected chi connectivity index (χ4v) is 4.13. The molecule has 0 saturated heterocycles. The van der Waals surface area contributed by atoms with Crippen molar-refractivity contribution < 1.29 is 5.11 Å². The summed E-state index contributed by atoms with van der Waals surface area (Å²) in [5.74, 6) is 3.17. The van der Waals surface area contributed by atoms with Gasteiger partial charge in [-0.1, -0.05) is 41.8 Å². The standard InChI is InChI=1S/C27H21ClN2O2/c1-2-17-4-3-5-20(12-17)23-14-25(31)30(16-18-6-7-18)27-24(23)13-21(15-29-27)26(32)19-8-10-22(28)11-9-19/h1,3-5,8-15,18,26,32H,6-7,16H2. The van der Waals surface area contributed by atoms with E-state index in [1.807, 2.05) is 30.3 Å². The molecule has 0 spiro atoms. The number of terminal acetylenes is 1. The summed E-state index contributed by atoms with van der Waals surface area (Å²) in [4.78, 5) is 17.7. The van der Waals surface area contributed by atoms with E-state index in [2.05, 4.69) is 10.9 Å². The maximum atomic E-state index is 13.0. The topological polar surface area (TPSA) is 55.1 Å². The molecule has 2 aromatic carbocycles. The Kier molecular flexibility index (Phi) is 5.30. The predicted octanol–water partition coefficient (Wildman–Crippen LogP) is 5.19. The van der Waals surface area contributed by atoms with Crippen molar-refractivity contribution in [2.75, 3.05) is 0 Å². The summed E-state index contributed by atoms with van der Waals surface area (Å²) in [6.45, 7) is 0.659. The lowest BCUT2D eigenvalue weighted by Crippen LogP contribution is -2.22. The van der Waals surface area contributed by atoms with Crippen LogP contribution >= 0.6 is 11.6 Å². The molecule has 1 fully saturated rings. The highest BCUT2D eigenvalue weighted by Gasteiger charge is 2.24. The van der Waals surface area contributed by atoms with Gasteiger partial charge in [0.2, 0.25) is 0 Å². The molecule has 32 heavy (non-hydrogen) atoms. The first-order valence-electron chi connectivity index (χ1n) is 10.6. The number of aliphatic hydroxyl groups excluding tert-OH is 1. The molecule has 0 bridgehead atoms. The molecule has 158 valence electrons. The van der Waals surface area contributed by atoms with Gasteiger partial charge in [0.15, 0.2) is 0 Å². The second-order valence-corrected chi connectivity index (χ2v) is 8.71. The van der Waals surface area contributed by atoms with Crippen LogP contribution in [0.3, 0.4) is 0 Å². The van der Waals surface area contributed by atoms with E-state index in [4.69, 9.17) is 18.0 Å². The Bertz CT molecular complexity index is 1410. The molecule has 1 saturated carbocycles. The molecule has 4 aromatic rings. The van der Waals surface area contributed by atoms with Crippen LogP contribution in [0.5, 0.6) is 0 Å². The number of aromatic nitrogens is 2. The lowest BCUT2D eigenvalue weighted by Gasteiger charge is -2.16. The quantitative estimate of drug-likeness (QED) is 0.434. The molecule has 0 radical (unpaired) electrons. The average molecular weight is 441 g/mol. The summed E-state index contributed by atoms with van der Waals surface area (Å²) in [6, 6.07) is 18.2. The van der Waals surface area contributed by atoms with Crippen LogP contribution < -0.4 is 5.56 Å². The number of aliphatic hydroxyl groups is 1. The highest BCUT2D eigenvalue weighted by atomic mass is 35.5. The van der Waals surface area contributed by atoms with Gasteiger partial charge in [0.1, 0.15) is 11.8 Å². The van der Waals surface area contributed by atoms with Crippen molar-refractivity contribution in [1.29, 1.82) is 0 Å². The van der Waals surface area contributed by atoms with E-state index < -0.39 is 6.10 Å². The Balaban J connectivity index is 1.71. The zero-order valence-electron chi connectivity index (χ0n) is 17.3. The van der Waals surface area contributed by atoms with E-state index in [9.17, 15) is 9.90 Å². The molecular weight excluding hydrogens is 420 g/mol. The lowest BCUT2D eigenvalue weighted by molar-refractivity contribution is 0.220. The van der Waals surface area contributed by atoms with E-state index in [1.54, 1.807) is 41.1 Å². The van der Waals surface area contributed by atoms with Gasteiger partial charge in [-0.2, -0.15) is 0 Å². The molecule has 5 heteroatoms. The zero-order chi connectivity index (χ0) is 22.2. The van der Waals surface area contributed by atoms with Crippen molar-refractivity contribution in [1.82, 2.24) is 9.55 Å². The van der Waals surface area contributed by atoms with Gasteiger partial charge in [-0.3, -0.25) is 9.36 Å². The maximum absolute atomic E-state index is 13.0. The number of benzene rings is 2. The second-order valence-electron chi connectivity index (χ2n) is 8.27. The lowest BCUT2D eigenvalue weighted by atomic mass is 9.97. The molecule has 2 heterocycles. The number of fused-ring (bicyclic) bond motifs is 1. The Morgan fingerprint density at radius 1 is 1.12 bits per heavy atom. The van der Waals surface area contributed by atoms with Gasteiger partial charge < -0.3 is 5.11 Å². The molecule has 1 aliphatic rings. The third kappa shape index (κ3) is 3.93. The normalized spacial score (nSPS) is 14.3. The molecular formula is C27H21ClN2O2. The van der Waals surface area contributed by atoms with Crippen molar-refractivity contribution in [3.8, 4) is 23.5 Å². The van der Waals surface area contributed by atoms with Crippen LogP contribution in [0.1, 0.15) is 35.6 Å². The van der Waals surface area contributed by atoms with Gasteiger partial charge in [-0.25, -0.2) is 4.98 Å². The summed E-state index contributed by atoms with van der Waals surface area (Å²) >= 11 is 5.99. The number of halogens is 1. The van der Waals surface area contributed by atoms with Crippen molar-refractivity contribution in [2.24, 2.45) is 5.92 Å². The van der Waals surface area contributed by atoms with Gasteiger partial charge in [-0.05, 0) is 65.8 Å². The van der Waals surface area contributed by atoms with Gasteiger partial charge in [0, 0.05) is 40.3 Å². The first kappa shape index (κ1) is 20.5. The molecule has 2 aromatic heterocycles. The highest BCUT2D eigenvalue weighted by molar-refractivity contribution is 6.30. The Hall–Kier alpha value is -3.39. The summed E-state index contributed by atoms with van der Waals surface area (Å²) in [7, 11) is 0. The molecule has 1 atom stereocenters. The summed E-state index contributed by atoms with van der Waals surface area (Å²) < 4.78 is 1.75. The summed E-state index contributed by atoms with van der Waals surface area (Å²) in [5, 5.41) is 12.4. The third-order valence-electron chi connectivity index (χ3n) is 5.95. The summed E-state index contributed by atoms with van der Waals surface area (Å²) in [5.41, 5.74) is 4.25. The van der Waals surface area contributed by atoms with Crippen LogP contribution in [0, 0.1) is 18.3 Å². The minimum atomic E-state index is -0.863. The third-order valence-corrected chi connectivity index (χ3v) is 6.20. The van der Waals surface area contributed by atoms with Crippen LogP contribution in [0.15, 0.2) is 71.7 Å². The van der Waals surface area contributed by atoms with Crippen molar-refractivity contribution in [3.63, 3.8) is 0 Å². The van der Waals surface area contributed by atoms with Crippen LogP contribution in [0.2, 0.25) is 5.02 Å². The van der Waals surface area contributed by atoms with Crippen LogP contribution in [-0.4, -0.2) is 14.7 Å². The molecule has 1 unspecified atom stereocenters. The molecule has 0 amide bonds. The largest absolute Gasteiger partial charge is 0.384 e. The molecule has 5 rings (SSSR count). The molecule has 4 nitrogen and oxygen atoms in total. The zero-order valence-corrected chi connectivity index (χ0v) is 18.1. The van der Waals surface area contributed by atoms with Crippen LogP contribution in [0.4, 0.5) is 0 Å².